The topological polar surface area (TPSA) is 48.3 Å². The Balaban J connectivity index is 2.35. The summed E-state index contributed by atoms with van der Waals surface area (Å²) < 4.78 is 6.61. The van der Waals surface area contributed by atoms with Crippen molar-refractivity contribution in [3.63, 3.8) is 0 Å². The minimum absolute atomic E-state index is 0.0493. The second kappa shape index (κ2) is 5.90. The highest BCUT2D eigenvalue weighted by Gasteiger charge is 2.11. The summed E-state index contributed by atoms with van der Waals surface area (Å²) in [4.78, 5) is 23.9. The minimum Gasteiger partial charge on any atom is -0.464 e. The number of rotatable bonds is 4. The number of esters is 1. The monoisotopic (exact) mass is 273 g/mol. The molecule has 0 atom stereocenters. The molecule has 0 bridgehead atoms. The summed E-state index contributed by atoms with van der Waals surface area (Å²) in [6.45, 7) is 6.16. The third kappa shape index (κ3) is 3.07. The van der Waals surface area contributed by atoms with Gasteiger partial charge in [0.25, 0.3) is 5.56 Å². The molecule has 0 saturated carbocycles. The molecule has 0 fully saturated rings. The minimum atomic E-state index is -0.380. The van der Waals surface area contributed by atoms with Gasteiger partial charge in [-0.2, -0.15) is 0 Å². The molecule has 2 aromatic rings. The second-order valence-electron chi connectivity index (χ2n) is 5.35. The molecule has 0 spiro atoms. The van der Waals surface area contributed by atoms with Crippen LogP contribution in [0.3, 0.4) is 0 Å². The van der Waals surface area contributed by atoms with Gasteiger partial charge in [-0.1, -0.05) is 32.0 Å². The van der Waals surface area contributed by atoms with Gasteiger partial charge < -0.3 is 4.74 Å². The lowest BCUT2D eigenvalue weighted by Gasteiger charge is -2.12. The summed E-state index contributed by atoms with van der Waals surface area (Å²) in [6, 6.07) is 9.12. The first-order valence-electron chi connectivity index (χ1n) is 6.74. The smallest absolute Gasteiger partial charge is 0.326 e. The molecular formula is C16H19NO3. The standard InChI is InChI=1S/C16H19NO3/c1-11(2)10-20-16(19)9-17-14-7-5-4-6-13(14)12(3)8-15(17)18/h4-8,11H,9-10H2,1-3H3. The van der Waals surface area contributed by atoms with E-state index in [1.54, 1.807) is 6.07 Å². The zero-order valence-corrected chi connectivity index (χ0v) is 12.1. The van der Waals surface area contributed by atoms with Gasteiger partial charge in [0.05, 0.1) is 12.1 Å². The molecule has 106 valence electrons. The van der Waals surface area contributed by atoms with Crippen molar-refractivity contribution in [2.45, 2.75) is 27.3 Å². The molecule has 2 rings (SSSR count). The maximum atomic E-state index is 12.1. The number of hydrogen-bond donors (Lipinski definition) is 0. The lowest BCUT2D eigenvalue weighted by atomic mass is 10.1. The van der Waals surface area contributed by atoms with Crippen LogP contribution in [-0.4, -0.2) is 17.1 Å². The molecule has 0 aliphatic carbocycles. The van der Waals surface area contributed by atoms with Gasteiger partial charge in [0.2, 0.25) is 0 Å². The van der Waals surface area contributed by atoms with Crippen LogP contribution in [0.5, 0.6) is 0 Å². The Morgan fingerprint density at radius 2 is 2.00 bits per heavy atom. The number of benzene rings is 1. The first-order valence-corrected chi connectivity index (χ1v) is 6.74. The van der Waals surface area contributed by atoms with Crippen molar-refractivity contribution in [2.24, 2.45) is 5.92 Å². The fourth-order valence-corrected chi connectivity index (χ4v) is 2.10. The number of carbonyl (C=O) groups excluding carboxylic acids is 1. The molecule has 0 amide bonds. The van der Waals surface area contributed by atoms with Crippen molar-refractivity contribution in [1.29, 1.82) is 0 Å². The van der Waals surface area contributed by atoms with E-state index in [1.807, 2.05) is 45.0 Å². The lowest BCUT2D eigenvalue weighted by Crippen LogP contribution is -2.26. The zero-order valence-electron chi connectivity index (χ0n) is 12.1. The highest BCUT2D eigenvalue weighted by atomic mass is 16.5. The maximum Gasteiger partial charge on any atom is 0.326 e. The molecule has 4 nitrogen and oxygen atoms in total. The quantitative estimate of drug-likeness (QED) is 0.804. The molecular weight excluding hydrogens is 254 g/mol. The SMILES string of the molecule is Cc1cc(=O)n(CC(=O)OCC(C)C)c2ccccc12. The molecule has 20 heavy (non-hydrogen) atoms. The van der Waals surface area contributed by atoms with E-state index in [2.05, 4.69) is 0 Å². The van der Waals surface area contributed by atoms with Crippen molar-refractivity contribution in [1.82, 2.24) is 4.57 Å². The largest absolute Gasteiger partial charge is 0.464 e. The Morgan fingerprint density at radius 3 is 2.70 bits per heavy atom. The van der Waals surface area contributed by atoms with E-state index in [1.165, 1.54) is 4.57 Å². The molecule has 0 N–H and O–H groups in total. The molecule has 1 aromatic heterocycles. The van der Waals surface area contributed by atoms with Gasteiger partial charge in [0.15, 0.2) is 0 Å². The first-order chi connectivity index (χ1) is 9.49. The lowest BCUT2D eigenvalue weighted by molar-refractivity contribution is -0.145. The van der Waals surface area contributed by atoms with Crippen LogP contribution in [-0.2, 0) is 16.1 Å². The third-order valence-electron chi connectivity index (χ3n) is 3.09. The number of hydrogen-bond acceptors (Lipinski definition) is 3. The predicted octanol–water partition coefficient (Wildman–Crippen LogP) is 2.51. The number of carbonyl (C=O) groups is 1. The molecule has 0 aliphatic rings. The van der Waals surface area contributed by atoms with Crippen molar-refractivity contribution < 1.29 is 9.53 Å². The van der Waals surface area contributed by atoms with E-state index in [9.17, 15) is 9.59 Å². The maximum absolute atomic E-state index is 12.1. The van der Waals surface area contributed by atoms with Gasteiger partial charge >= 0.3 is 5.97 Å². The Hall–Kier alpha value is -2.10. The summed E-state index contributed by atoms with van der Waals surface area (Å²) in [7, 11) is 0. The first kappa shape index (κ1) is 14.3. The summed E-state index contributed by atoms with van der Waals surface area (Å²) in [5.74, 6) is -0.0970. The summed E-state index contributed by atoms with van der Waals surface area (Å²) in [6.07, 6.45) is 0. The van der Waals surface area contributed by atoms with Crippen molar-refractivity contribution >= 4 is 16.9 Å². The van der Waals surface area contributed by atoms with Gasteiger partial charge in [0.1, 0.15) is 6.54 Å². The Morgan fingerprint density at radius 1 is 1.30 bits per heavy atom. The van der Waals surface area contributed by atoms with Crippen molar-refractivity contribution in [2.75, 3.05) is 6.61 Å². The number of fused-ring (bicyclic) bond motifs is 1. The highest BCUT2D eigenvalue weighted by Crippen LogP contribution is 2.15. The number of ether oxygens (including phenoxy) is 1. The van der Waals surface area contributed by atoms with Crippen LogP contribution >= 0.6 is 0 Å². The van der Waals surface area contributed by atoms with E-state index in [4.69, 9.17) is 4.74 Å². The molecule has 1 heterocycles. The predicted molar refractivity (Wildman–Crippen MR) is 78.7 cm³/mol. The number of pyridine rings is 1. The van der Waals surface area contributed by atoms with Crippen LogP contribution in [0.25, 0.3) is 10.9 Å². The molecule has 0 radical (unpaired) electrons. The average molecular weight is 273 g/mol. The van der Waals surface area contributed by atoms with Crippen LogP contribution in [0.15, 0.2) is 35.1 Å². The van der Waals surface area contributed by atoms with Crippen molar-refractivity contribution in [3.05, 3.63) is 46.2 Å². The van der Waals surface area contributed by atoms with Gasteiger partial charge in [-0.05, 0) is 24.5 Å². The van der Waals surface area contributed by atoms with Crippen LogP contribution in [0.1, 0.15) is 19.4 Å². The fourth-order valence-electron chi connectivity index (χ4n) is 2.10. The van der Waals surface area contributed by atoms with E-state index in [0.29, 0.717) is 6.61 Å². The molecule has 0 unspecified atom stereocenters. The Labute approximate surface area is 118 Å². The van der Waals surface area contributed by atoms with Crippen molar-refractivity contribution in [3.8, 4) is 0 Å². The van der Waals surface area contributed by atoms with E-state index in [-0.39, 0.29) is 24.0 Å². The fraction of sp³-hybridized carbons (Fsp3) is 0.375. The van der Waals surface area contributed by atoms with Gasteiger partial charge in [-0.15, -0.1) is 0 Å². The highest BCUT2D eigenvalue weighted by molar-refractivity contribution is 5.83. The summed E-state index contributed by atoms with van der Waals surface area (Å²) in [5, 5.41) is 0.976. The normalized spacial score (nSPS) is 11.0. The third-order valence-corrected chi connectivity index (χ3v) is 3.09. The van der Waals surface area contributed by atoms with Crippen LogP contribution in [0.2, 0.25) is 0 Å². The van der Waals surface area contributed by atoms with E-state index < -0.39 is 0 Å². The molecule has 0 aliphatic heterocycles. The zero-order chi connectivity index (χ0) is 14.7. The van der Waals surface area contributed by atoms with Gasteiger partial charge in [-0.3, -0.25) is 14.2 Å². The number of aryl methyl sites for hydroxylation is 1. The Kier molecular flexibility index (Phi) is 4.23. The summed E-state index contributed by atoms with van der Waals surface area (Å²) in [5.41, 5.74) is 1.50. The number of para-hydroxylation sites is 1. The van der Waals surface area contributed by atoms with Gasteiger partial charge in [-0.25, -0.2) is 0 Å². The average Bonchev–Trinajstić information content (AvgIpc) is 2.41. The van der Waals surface area contributed by atoms with E-state index >= 15 is 0 Å². The molecule has 0 saturated heterocycles. The number of nitrogens with zero attached hydrogens (tertiary/aromatic N) is 1. The van der Waals surface area contributed by atoms with Gasteiger partial charge in [0, 0.05) is 11.5 Å². The van der Waals surface area contributed by atoms with Crippen LogP contribution in [0, 0.1) is 12.8 Å². The second-order valence-corrected chi connectivity index (χ2v) is 5.35. The molecule has 4 heteroatoms. The van der Waals surface area contributed by atoms with E-state index in [0.717, 1.165) is 16.5 Å². The summed E-state index contributed by atoms with van der Waals surface area (Å²) >= 11 is 0. The number of aromatic nitrogens is 1. The van der Waals surface area contributed by atoms with Crippen LogP contribution in [0.4, 0.5) is 0 Å². The van der Waals surface area contributed by atoms with Crippen LogP contribution < -0.4 is 5.56 Å². The Bertz CT molecular complexity index is 686. The molecule has 1 aromatic carbocycles.